The number of benzene rings is 1. The van der Waals surface area contributed by atoms with E-state index in [1.165, 1.54) is 6.07 Å². The predicted octanol–water partition coefficient (Wildman–Crippen LogP) is 3.94. The molecule has 1 heterocycles. The molecular weight excluding hydrogens is 325 g/mol. The molecule has 0 amide bonds. The molecular formula is C16H17F3N2OS. The zero-order valence-corrected chi connectivity index (χ0v) is 13.1. The summed E-state index contributed by atoms with van der Waals surface area (Å²) >= 11 is 1.60. The Hall–Kier alpha value is -1.73. The lowest BCUT2D eigenvalue weighted by Crippen LogP contribution is -2.07. The third kappa shape index (κ3) is 5.76. The second-order valence-electron chi connectivity index (χ2n) is 4.88. The molecule has 0 fully saturated rings. The van der Waals surface area contributed by atoms with Crippen LogP contribution in [0, 0.1) is 0 Å². The number of nitrogens with one attached hydrogen (secondary N) is 1. The summed E-state index contributed by atoms with van der Waals surface area (Å²) in [6.45, 7) is 0.403. The quantitative estimate of drug-likeness (QED) is 0.748. The van der Waals surface area contributed by atoms with Crippen LogP contribution in [0.25, 0.3) is 0 Å². The molecule has 0 unspecified atom stereocenters. The van der Waals surface area contributed by atoms with Gasteiger partial charge in [0.1, 0.15) is 5.82 Å². The van der Waals surface area contributed by atoms with E-state index in [0.717, 1.165) is 23.4 Å². The second kappa shape index (κ2) is 8.21. The van der Waals surface area contributed by atoms with Gasteiger partial charge in [-0.2, -0.15) is 24.9 Å². The highest BCUT2D eigenvalue weighted by Crippen LogP contribution is 2.29. The van der Waals surface area contributed by atoms with E-state index in [2.05, 4.69) is 10.3 Å². The second-order valence-corrected chi connectivity index (χ2v) is 5.98. The maximum Gasteiger partial charge on any atom is 0.416 e. The van der Waals surface area contributed by atoms with Gasteiger partial charge in [-0.3, -0.25) is 0 Å². The molecule has 0 bridgehead atoms. The number of aliphatic hydroxyl groups is 1. The number of rotatable bonds is 7. The molecule has 0 aliphatic rings. The van der Waals surface area contributed by atoms with E-state index in [1.807, 2.05) is 12.1 Å². The summed E-state index contributed by atoms with van der Waals surface area (Å²) in [5, 5.41) is 11.8. The molecule has 0 spiro atoms. The Bertz CT molecular complexity index is 635. The zero-order chi connectivity index (χ0) is 16.7. The predicted molar refractivity (Wildman–Crippen MR) is 86.3 cm³/mol. The Labute approximate surface area is 136 Å². The third-order valence-electron chi connectivity index (χ3n) is 3.06. The van der Waals surface area contributed by atoms with Gasteiger partial charge in [0.15, 0.2) is 0 Å². The van der Waals surface area contributed by atoms with Crippen LogP contribution in [0.1, 0.15) is 16.7 Å². The van der Waals surface area contributed by atoms with Gasteiger partial charge < -0.3 is 10.4 Å². The van der Waals surface area contributed by atoms with E-state index in [1.54, 1.807) is 24.0 Å². The number of alkyl halides is 3. The van der Waals surface area contributed by atoms with Gasteiger partial charge in [0.05, 0.1) is 12.2 Å². The summed E-state index contributed by atoms with van der Waals surface area (Å²) in [6.07, 6.45) is -2.68. The Morgan fingerprint density at radius 3 is 2.70 bits per heavy atom. The van der Waals surface area contributed by atoms with Crippen LogP contribution in [-0.4, -0.2) is 22.5 Å². The molecule has 2 N–H and O–H groups in total. The third-order valence-corrected chi connectivity index (χ3v) is 4.07. The largest absolute Gasteiger partial charge is 0.416 e. The molecule has 2 aromatic rings. The van der Waals surface area contributed by atoms with E-state index in [0.29, 0.717) is 17.1 Å². The van der Waals surface area contributed by atoms with Gasteiger partial charge in [-0.15, -0.1) is 0 Å². The van der Waals surface area contributed by atoms with Crippen molar-refractivity contribution in [3.05, 3.63) is 59.3 Å². The summed E-state index contributed by atoms with van der Waals surface area (Å²) in [5.41, 5.74) is 0.936. The average molecular weight is 342 g/mol. The van der Waals surface area contributed by atoms with Crippen LogP contribution in [0.4, 0.5) is 19.0 Å². The lowest BCUT2D eigenvalue weighted by molar-refractivity contribution is -0.137. The number of nitrogens with zero attached hydrogens (tertiary/aromatic N) is 1. The normalized spacial score (nSPS) is 11.5. The number of hydrogen-bond acceptors (Lipinski definition) is 4. The zero-order valence-electron chi connectivity index (χ0n) is 12.3. The molecule has 0 atom stereocenters. The van der Waals surface area contributed by atoms with Gasteiger partial charge in [0.25, 0.3) is 0 Å². The highest BCUT2D eigenvalue weighted by Gasteiger charge is 2.30. The molecule has 0 saturated heterocycles. The van der Waals surface area contributed by atoms with Crippen molar-refractivity contribution in [3.8, 4) is 0 Å². The lowest BCUT2D eigenvalue weighted by Gasteiger charge is -2.10. The highest BCUT2D eigenvalue weighted by atomic mass is 32.2. The van der Waals surface area contributed by atoms with Crippen molar-refractivity contribution in [2.24, 2.45) is 0 Å². The fourth-order valence-electron chi connectivity index (χ4n) is 1.97. The van der Waals surface area contributed by atoms with Crippen molar-refractivity contribution in [3.63, 3.8) is 0 Å². The Balaban J connectivity index is 1.97. The SMILES string of the molecule is OCCSCc1ccnc(NCc2cccc(C(F)(F)F)c2)c1. The lowest BCUT2D eigenvalue weighted by atomic mass is 10.1. The van der Waals surface area contributed by atoms with Gasteiger partial charge >= 0.3 is 6.18 Å². The molecule has 2 rings (SSSR count). The number of aromatic nitrogens is 1. The number of aliphatic hydroxyl groups excluding tert-OH is 1. The van der Waals surface area contributed by atoms with Gasteiger partial charge in [0, 0.05) is 24.2 Å². The average Bonchev–Trinajstić information content (AvgIpc) is 2.53. The van der Waals surface area contributed by atoms with Gasteiger partial charge in [0.2, 0.25) is 0 Å². The van der Waals surface area contributed by atoms with Crippen LogP contribution in [0.15, 0.2) is 42.6 Å². The highest BCUT2D eigenvalue weighted by molar-refractivity contribution is 7.98. The number of hydrogen-bond donors (Lipinski definition) is 2. The van der Waals surface area contributed by atoms with Crippen LogP contribution in [0.2, 0.25) is 0 Å². The van der Waals surface area contributed by atoms with Crippen molar-refractivity contribution in [2.75, 3.05) is 17.7 Å². The first-order valence-electron chi connectivity index (χ1n) is 7.02. The number of pyridine rings is 1. The Kier molecular flexibility index (Phi) is 6.29. The molecule has 0 radical (unpaired) electrons. The molecule has 3 nitrogen and oxygen atoms in total. The summed E-state index contributed by atoms with van der Waals surface area (Å²) in [5.74, 6) is 2.03. The number of thioether (sulfide) groups is 1. The molecule has 0 aliphatic heterocycles. The van der Waals surface area contributed by atoms with Crippen LogP contribution >= 0.6 is 11.8 Å². The first kappa shape index (κ1) is 17.6. The van der Waals surface area contributed by atoms with Gasteiger partial charge in [-0.1, -0.05) is 12.1 Å². The molecule has 0 saturated carbocycles. The van der Waals surface area contributed by atoms with Crippen molar-refractivity contribution in [2.45, 2.75) is 18.5 Å². The maximum atomic E-state index is 12.7. The minimum Gasteiger partial charge on any atom is -0.396 e. The molecule has 23 heavy (non-hydrogen) atoms. The summed E-state index contributed by atoms with van der Waals surface area (Å²) in [4.78, 5) is 4.16. The smallest absolute Gasteiger partial charge is 0.396 e. The van der Waals surface area contributed by atoms with E-state index >= 15 is 0 Å². The van der Waals surface area contributed by atoms with Crippen LogP contribution in [-0.2, 0) is 18.5 Å². The minimum atomic E-state index is -4.34. The summed E-state index contributed by atoms with van der Waals surface area (Å²) in [6, 6.07) is 8.96. The number of halogens is 3. The first-order chi connectivity index (χ1) is 11.0. The molecule has 124 valence electrons. The standard InChI is InChI=1S/C16H17F3N2OS/c17-16(18,19)14-3-1-2-12(8-14)10-21-15-9-13(4-5-20-15)11-23-7-6-22/h1-5,8-9,22H,6-7,10-11H2,(H,20,21). The maximum absolute atomic E-state index is 12.7. The molecule has 0 aliphatic carbocycles. The number of anilines is 1. The van der Waals surface area contributed by atoms with Crippen LogP contribution < -0.4 is 5.32 Å². The molecule has 1 aromatic heterocycles. The van der Waals surface area contributed by atoms with E-state index in [4.69, 9.17) is 5.11 Å². The van der Waals surface area contributed by atoms with Crippen molar-refractivity contribution < 1.29 is 18.3 Å². The van der Waals surface area contributed by atoms with Gasteiger partial charge in [-0.05, 0) is 35.4 Å². The van der Waals surface area contributed by atoms with Crippen LogP contribution in [0.3, 0.4) is 0 Å². The first-order valence-corrected chi connectivity index (χ1v) is 8.18. The fraction of sp³-hybridized carbons (Fsp3) is 0.312. The summed E-state index contributed by atoms with van der Waals surface area (Å²) < 4.78 is 38.0. The fourth-order valence-corrected chi connectivity index (χ4v) is 2.65. The van der Waals surface area contributed by atoms with Crippen LogP contribution in [0.5, 0.6) is 0 Å². The topological polar surface area (TPSA) is 45.2 Å². The van der Waals surface area contributed by atoms with E-state index in [-0.39, 0.29) is 13.2 Å². The monoisotopic (exact) mass is 342 g/mol. The van der Waals surface area contributed by atoms with E-state index in [9.17, 15) is 13.2 Å². The van der Waals surface area contributed by atoms with Crippen molar-refractivity contribution in [1.29, 1.82) is 0 Å². The minimum absolute atomic E-state index is 0.135. The molecule has 1 aromatic carbocycles. The van der Waals surface area contributed by atoms with Crippen molar-refractivity contribution in [1.82, 2.24) is 4.98 Å². The van der Waals surface area contributed by atoms with Crippen molar-refractivity contribution >= 4 is 17.6 Å². The van der Waals surface area contributed by atoms with Gasteiger partial charge in [-0.25, -0.2) is 4.98 Å². The van der Waals surface area contributed by atoms with E-state index < -0.39 is 11.7 Å². The Morgan fingerprint density at radius 2 is 1.96 bits per heavy atom. The molecule has 7 heteroatoms. The summed E-state index contributed by atoms with van der Waals surface area (Å²) in [7, 11) is 0. The Morgan fingerprint density at radius 1 is 1.13 bits per heavy atom.